The number of aromatic nitrogens is 2. The average Bonchev–Trinajstić information content (AvgIpc) is 3.29. The lowest BCUT2D eigenvalue weighted by atomic mass is 10.2. The molecular weight excluding hydrogens is 458 g/mol. The van der Waals surface area contributed by atoms with Crippen LogP contribution in [0.2, 0.25) is 5.02 Å². The molecule has 3 heterocycles. The van der Waals surface area contributed by atoms with Crippen molar-refractivity contribution < 1.29 is 19.2 Å². The summed E-state index contributed by atoms with van der Waals surface area (Å²) in [5, 5.41) is 7.91. The van der Waals surface area contributed by atoms with Crippen LogP contribution in [0.3, 0.4) is 0 Å². The van der Waals surface area contributed by atoms with Gasteiger partial charge in [-0.15, -0.1) is 11.3 Å². The normalized spacial score (nSPS) is 13.8. The van der Waals surface area contributed by atoms with E-state index < -0.39 is 29.7 Å². The highest BCUT2D eigenvalue weighted by molar-refractivity contribution is 7.13. The number of carbonyl (C=O) groups is 4. The van der Waals surface area contributed by atoms with Crippen LogP contribution in [0.5, 0.6) is 0 Å². The summed E-state index contributed by atoms with van der Waals surface area (Å²) in [4.78, 5) is 62.0. The lowest BCUT2D eigenvalue weighted by Crippen LogP contribution is -2.53. The zero-order valence-corrected chi connectivity index (χ0v) is 19.2. The van der Waals surface area contributed by atoms with Crippen molar-refractivity contribution in [2.45, 2.75) is 19.1 Å². The Morgan fingerprint density at radius 2 is 1.97 bits per heavy atom. The molecule has 1 unspecified atom stereocenters. The number of halogens is 1. The second-order valence-corrected chi connectivity index (χ2v) is 8.87. The Bertz CT molecular complexity index is 1020. The molecule has 4 amide bonds. The molecule has 0 bridgehead atoms. The Hall–Kier alpha value is -3.09. The highest BCUT2D eigenvalue weighted by atomic mass is 35.5. The summed E-state index contributed by atoms with van der Waals surface area (Å²) in [5.41, 5.74) is 0.846. The summed E-state index contributed by atoms with van der Waals surface area (Å²) in [7, 11) is 5.01. The molecule has 13 heteroatoms. The number of nitrogens with one attached hydrogen (secondary N) is 3. The van der Waals surface area contributed by atoms with Crippen LogP contribution in [-0.2, 0) is 27.5 Å². The molecule has 1 aliphatic heterocycles. The molecule has 0 radical (unpaired) electrons. The second kappa shape index (κ2) is 10.0. The minimum absolute atomic E-state index is 0.145. The molecule has 170 valence electrons. The fourth-order valence-electron chi connectivity index (χ4n) is 2.91. The SMILES string of the molecule is CN1Cc2nc(C(=O)NC(CNC(=O)C(=O)Nc3ccc(Cl)cn3)C(=O)N(C)C)sc2C1. The molecule has 0 aromatic carbocycles. The molecular formula is C19H22ClN7O4S. The van der Waals surface area contributed by atoms with Crippen molar-refractivity contribution in [1.82, 2.24) is 30.4 Å². The minimum Gasteiger partial charge on any atom is -0.347 e. The van der Waals surface area contributed by atoms with E-state index in [1.54, 1.807) is 0 Å². The van der Waals surface area contributed by atoms with Gasteiger partial charge in [-0.1, -0.05) is 11.6 Å². The van der Waals surface area contributed by atoms with Crippen LogP contribution in [0.4, 0.5) is 5.82 Å². The number of rotatable bonds is 6. The third-order valence-corrected chi connectivity index (χ3v) is 5.80. The van der Waals surface area contributed by atoms with E-state index in [1.165, 1.54) is 48.7 Å². The number of hydrogen-bond donors (Lipinski definition) is 3. The predicted octanol–water partition coefficient (Wildman–Crippen LogP) is 0.0784. The molecule has 0 spiro atoms. The first-order valence-corrected chi connectivity index (χ1v) is 10.7. The number of amides is 4. The molecule has 0 saturated carbocycles. The first-order chi connectivity index (χ1) is 15.1. The summed E-state index contributed by atoms with van der Waals surface area (Å²) >= 11 is 7.00. The molecule has 32 heavy (non-hydrogen) atoms. The first kappa shape index (κ1) is 23.6. The van der Waals surface area contributed by atoms with E-state index in [2.05, 4.69) is 30.8 Å². The largest absolute Gasteiger partial charge is 0.347 e. The van der Waals surface area contributed by atoms with E-state index in [4.69, 9.17) is 11.6 Å². The van der Waals surface area contributed by atoms with E-state index in [-0.39, 0.29) is 17.4 Å². The second-order valence-electron chi connectivity index (χ2n) is 7.35. The van der Waals surface area contributed by atoms with Gasteiger partial charge in [-0.3, -0.25) is 24.1 Å². The van der Waals surface area contributed by atoms with Gasteiger partial charge < -0.3 is 20.9 Å². The minimum atomic E-state index is -1.08. The van der Waals surface area contributed by atoms with Gasteiger partial charge in [0.25, 0.3) is 5.91 Å². The van der Waals surface area contributed by atoms with Gasteiger partial charge in [0.2, 0.25) is 5.91 Å². The van der Waals surface area contributed by atoms with Crippen molar-refractivity contribution in [3.8, 4) is 0 Å². The van der Waals surface area contributed by atoms with Crippen LogP contribution in [0.15, 0.2) is 18.3 Å². The van der Waals surface area contributed by atoms with E-state index >= 15 is 0 Å². The van der Waals surface area contributed by atoms with Gasteiger partial charge in [0.15, 0.2) is 5.01 Å². The van der Waals surface area contributed by atoms with E-state index in [0.29, 0.717) is 18.1 Å². The zero-order valence-electron chi connectivity index (χ0n) is 17.6. The maximum Gasteiger partial charge on any atom is 0.314 e. The predicted molar refractivity (Wildman–Crippen MR) is 118 cm³/mol. The molecule has 11 nitrogen and oxygen atoms in total. The Kier molecular flexibility index (Phi) is 7.38. The van der Waals surface area contributed by atoms with Gasteiger partial charge in [0, 0.05) is 44.8 Å². The number of carbonyl (C=O) groups excluding carboxylic acids is 4. The van der Waals surface area contributed by atoms with Crippen molar-refractivity contribution in [3.05, 3.63) is 38.9 Å². The van der Waals surface area contributed by atoms with Gasteiger partial charge in [-0.25, -0.2) is 9.97 Å². The van der Waals surface area contributed by atoms with Crippen molar-refractivity contribution in [3.63, 3.8) is 0 Å². The molecule has 0 aliphatic carbocycles. The number of thiazole rings is 1. The number of nitrogens with zero attached hydrogens (tertiary/aromatic N) is 4. The van der Waals surface area contributed by atoms with E-state index in [9.17, 15) is 19.2 Å². The van der Waals surface area contributed by atoms with Gasteiger partial charge in [0.05, 0.1) is 10.7 Å². The van der Waals surface area contributed by atoms with Gasteiger partial charge in [0.1, 0.15) is 11.9 Å². The molecule has 0 saturated heterocycles. The van der Waals surface area contributed by atoms with E-state index in [1.807, 2.05) is 7.05 Å². The highest BCUT2D eigenvalue weighted by Gasteiger charge is 2.28. The van der Waals surface area contributed by atoms with Gasteiger partial charge in [-0.2, -0.15) is 0 Å². The monoisotopic (exact) mass is 479 g/mol. The number of fused-ring (bicyclic) bond motifs is 1. The summed E-state index contributed by atoms with van der Waals surface area (Å²) in [6, 6.07) is 1.87. The lowest BCUT2D eigenvalue weighted by molar-refractivity contribution is -0.136. The van der Waals surface area contributed by atoms with Crippen molar-refractivity contribution in [2.75, 3.05) is 33.0 Å². The molecule has 3 rings (SSSR count). The summed E-state index contributed by atoms with van der Waals surface area (Å²) < 4.78 is 0. The van der Waals surface area contributed by atoms with Crippen LogP contribution < -0.4 is 16.0 Å². The Labute approximate surface area is 193 Å². The van der Waals surface area contributed by atoms with Crippen LogP contribution >= 0.6 is 22.9 Å². The molecule has 2 aromatic rings. The molecule has 2 aromatic heterocycles. The third kappa shape index (κ3) is 5.78. The standard InChI is InChI=1S/C19H22ClN7O4S/c1-26(2)19(31)11(23-17(30)18-24-12-8-27(3)9-13(12)32-18)7-22-15(28)16(29)25-14-5-4-10(20)6-21-14/h4-6,11H,7-9H2,1-3H3,(H,22,28)(H,23,30)(H,21,25,29). The lowest BCUT2D eigenvalue weighted by Gasteiger charge is -2.21. The summed E-state index contributed by atoms with van der Waals surface area (Å²) in [6.07, 6.45) is 1.32. The third-order valence-electron chi connectivity index (χ3n) is 4.49. The Morgan fingerprint density at radius 1 is 1.22 bits per heavy atom. The first-order valence-electron chi connectivity index (χ1n) is 9.54. The van der Waals surface area contributed by atoms with Crippen LogP contribution in [0, 0.1) is 0 Å². The number of likely N-dealkylation sites (N-methyl/N-ethyl adjacent to an activating group) is 1. The molecule has 1 atom stereocenters. The van der Waals surface area contributed by atoms with Gasteiger partial charge >= 0.3 is 11.8 Å². The topological polar surface area (TPSA) is 137 Å². The van der Waals surface area contributed by atoms with Crippen LogP contribution in [-0.4, -0.2) is 77.1 Å². The fourth-order valence-corrected chi connectivity index (χ4v) is 4.08. The van der Waals surface area contributed by atoms with Crippen molar-refractivity contribution in [1.29, 1.82) is 0 Å². The Balaban J connectivity index is 1.60. The Morgan fingerprint density at radius 3 is 2.59 bits per heavy atom. The van der Waals surface area contributed by atoms with E-state index in [0.717, 1.165) is 10.6 Å². The van der Waals surface area contributed by atoms with Crippen LogP contribution in [0.25, 0.3) is 0 Å². The van der Waals surface area contributed by atoms with Gasteiger partial charge in [-0.05, 0) is 19.2 Å². The molecule has 0 fully saturated rings. The summed E-state index contributed by atoms with van der Waals surface area (Å²) in [5.74, 6) is -2.77. The zero-order chi connectivity index (χ0) is 23.4. The maximum atomic E-state index is 12.7. The smallest absolute Gasteiger partial charge is 0.314 e. The van der Waals surface area contributed by atoms with Crippen LogP contribution in [0.1, 0.15) is 20.4 Å². The average molecular weight is 480 g/mol. The quantitative estimate of drug-likeness (QED) is 0.499. The van der Waals surface area contributed by atoms with Crippen molar-refractivity contribution in [2.24, 2.45) is 0 Å². The number of pyridine rings is 1. The number of hydrogen-bond acceptors (Lipinski definition) is 8. The van der Waals surface area contributed by atoms with Crippen molar-refractivity contribution >= 4 is 52.4 Å². The fraction of sp³-hybridized carbons (Fsp3) is 0.368. The maximum absolute atomic E-state index is 12.7. The highest BCUT2D eigenvalue weighted by Crippen LogP contribution is 2.27. The molecule has 1 aliphatic rings. The number of anilines is 1. The molecule has 3 N–H and O–H groups in total. The summed E-state index contributed by atoms with van der Waals surface area (Å²) in [6.45, 7) is 1.09.